The number of nitrogens with zero attached hydrogens (tertiary/aromatic N) is 1. The summed E-state index contributed by atoms with van der Waals surface area (Å²) in [5, 5.41) is 3.30. The van der Waals surface area contributed by atoms with Crippen molar-refractivity contribution in [2.45, 2.75) is 52.2 Å². The number of fused-ring (bicyclic) bond motifs is 1. The van der Waals surface area contributed by atoms with Crippen molar-refractivity contribution in [3.63, 3.8) is 0 Å². The van der Waals surface area contributed by atoms with Gasteiger partial charge in [-0.15, -0.1) is 0 Å². The summed E-state index contributed by atoms with van der Waals surface area (Å²) in [4.78, 5) is 14.1. The maximum absolute atomic E-state index is 15.1. The van der Waals surface area contributed by atoms with E-state index in [1.807, 2.05) is 12.1 Å². The van der Waals surface area contributed by atoms with Crippen molar-refractivity contribution in [2.75, 3.05) is 37.8 Å². The molecule has 2 bridgehead atoms. The van der Waals surface area contributed by atoms with Gasteiger partial charge in [-0.1, -0.05) is 19.9 Å². The maximum Gasteiger partial charge on any atom is 0.217 e. The minimum absolute atomic E-state index is 0.0395. The van der Waals surface area contributed by atoms with Crippen LogP contribution < -0.4 is 10.2 Å². The zero-order chi connectivity index (χ0) is 21.1. The molecule has 2 saturated heterocycles. The third-order valence-electron chi connectivity index (χ3n) is 8.50. The SMILES string of the molecule is CC(=O)N[C@H]1C(C)(C)[C@@H]2C[C@@H]3[C@@H](c4ccc(N5CCOCC5)c(F)c4)OCCC31C2. The molecule has 5 rings (SSSR count). The van der Waals surface area contributed by atoms with Crippen molar-refractivity contribution in [1.29, 1.82) is 0 Å². The molecule has 1 unspecified atom stereocenters. The van der Waals surface area contributed by atoms with Gasteiger partial charge in [0.2, 0.25) is 5.91 Å². The van der Waals surface area contributed by atoms with Gasteiger partial charge in [0.1, 0.15) is 5.82 Å². The second-order valence-corrected chi connectivity index (χ2v) is 10.3. The maximum atomic E-state index is 15.1. The van der Waals surface area contributed by atoms with Gasteiger partial charge in [-0.3, -0.25) is 4.79 Å². The Morgan fingerprint density at radius 1 is 1.23 bits per heavy atom. The van der Waals surface area contributed by atoms with E-state index in [0.717, 1.165) is 37.9 Å². The predicted molar refractivity (Wildman–Crippen MR) is 113 cm³/mol. The molecule has 1 amide bonds. The van der Waals surface area contributed by atoms with E-state index in [1.165, 1.54) is 0 Å². The molecule has 4 fully saturated rings. The molecule has 2 aliphatic heterocycles. The summed E-state index contributed by atoms with van der Waals surface area (Å²) >= 11 is 0. The number of hydrogen-bond donors (Lipinski definition) is 1. The molecule has 6 heteroatoms. The number of nitrogens with one attached hydrogen (secondary N) is 1. The van der Waals surface area contributed by atoms with Gasteiger partial charge < -0.3 is 19.7 Å². The molecule has 0 radical (unpaired) electrons. The molecule has 2 aliphatic carbocycles. The lowest BCUT2D eigenvalue weighted by atomic mass is 9.59. The molecule has 1 spiro atoms. The van der Waals surface area contributed by atoms with Crippen LogP contribution in [0.3, 0.4) is 0 Å². The van der Waals surface area contributed by atoms with Crippen LogP contribution in [0.5, 0.6) is 0 Å². The highest BCUT2D eigenvalue weighted by Gasteiger charge is 2.68. The van der Waals surface area contributed by atoms with Crippen LogP contribution in [-0.2, 0) is 14.3 Å². The van der Waals surface area contributed by atoms with Crippen LogP contribution in [0.4, 0.5) is 10.1 Å². The Hall–Kier alpha value is -1.66. The van der Waals surface area contributed by atoms with Crippen molar-refractivity contribution >= 4 is 11.6 Å². The van der Waals surface area contributed by atoms with Crippen LogP contribution in [0, 0.1) is 28.5 Å². The monoisotopic (exact) mass is 416 g/mol. The first kappa shape index (κ1) is 20.3. The first-order valence-electron chi connectivity index (χ1n) is 11.3. The fourth-order valence-electron chi connectivity index (χ4n) is 7.08. The third kappa shape index (κ3) is 2.98. The van der Waals surface area contributed by atoms with Crippen molar-refractivity contribution in [1.82, 2.24) is 5.32 Å². The third-order valence-corrected chi connectivity index (χ3v) is 8.50. The molecule has 0 aromatic heterocycles. The predicted octanol–water partition coefficient (Wildman–Crippen LogP) is 3.68. The van der Waals surface area contributed by atoms with Gasteiger partial charge in [0.05, 0.1) is 25.0 Å². The van der Waals surface area contributed by atoms with Crippen LogP contribution in [0.1, 0.15) is 51.7 Å². The molecule has 164 valence electrons. The molecule has 4 aliphatic rings. The van der Waals surface area contributed by atoms with Crippen LogP contribution in [-0.4, -0.2) is 44.9 Å². The standard InChI is InChI=1S/C24H33FN2O3/c1-15(28)26-22-23(2,3)17-13-18-21(30-9-6-24(18,22)14-17)16-4-5-20(19(25)12-16)27-7-10-29-11-8-27/h4-5,12,17-18,21-22H,6-11,13-14H2,1-3H3,(H,26,28)/t17-,18-,21-,22+,24?/m1/s1. The molecule has 5 nitrogen and oxygen atoms in total. The Kier molecular flexibility index (Phi) is 4.86. The minimum atomic E-state index is -0.181. The molecule has 2 saturated carbocycles. The van der Waals surface area contributed by atoms with Crippen LogP contribution in [0.25, 0.3) is 0 Å². The Bertz CT molecular complexity index is 838. The number of benzene rings is 1. The zero-order valence-corrected chi connectivity index (χ0v) is 18.2. The lowest BCUT2D eigenvalue weighted by Gasteiger charge is -2.53. The van der Waals surface area contributed by atoms with E-state index in [-0.39, 0.29) is 34.7 Å². The van der Waals surface area contributed by atoms with Crippen LogP contribution in [0.15, 0.2) is 18.2 Å². The summed E-state index contributed by atoms with van der Waals surface area (Å²) in [5.74, 6) is 0.730. The lowest BCUT2D eigenvalue weighted by Crippen LogP contribution is -2.58. The van der Waals surface area contributed by atoms with E-state index in [0.29, 0.717) is 37.3 Å². The number of halogens is 1. The number of carbonyl (C=O) groups is 1. The molecule has 30 heavy (non-hydrogen) atoms. The number of amides is 1. The highest BCUT2D eigenvalue weighted by molar-refractivity contribution is 5.73. The Morgan fingerprint density at radius 2 is 2.00 bits per heavy atom. The first-order chi connectivity index (χ1) is 14.3. The van der Waals surface area contributed by atoms with E-state index < -0.39 is 0 Å². The lowest BCUT2D eigenvalue weighted by molar-refractivity contribution is -0.136. The summed E-state index contributed by atoms with van der Waals surface area (Å²) in [6.07, 6.45) is 3.07. The smallest absolute Gasteiger partial charge is 0.217 e. The summed E-state index contributed by atoms with van der Waals surface area (Å²) in [7, 11) is 0. The normalized spacial score (nSPS) is 37.1. The van der Waals surface area contributed by atoms with Crippen LogP contribution >= 0.6 is 0 Å². The fraction of sp³-hybridized carbons (Fsp3) is 0.708. The quantitative estimate of drug-likeness (QED) is 0.817. The van der Waals surface area contributed by atoms with Gasteiger partial charge >= 0.3 is 0 Å². The molecule has 1 aromatic carbocycles. The zero-order valence-electron chi connectivity index (χ0n) is 18.2. The Morgan fingerprint density at radius 3 is 2.70 bits per heavy atom. The van der Waals surface area contributed by atoms with Gasteiger partial charge in [0.25, 0.3) is 0 Å². The Balaban J connectivity index is 1.44. The highest BCUT2D eigenvalue weighted by atomic mass is 19.1. The number of rotatable bonds is 3. The molecule has 2 heterocycles. The average molecular weight is 417 g/mol. The van der Waals surface area contributed by atoms with Gasteiger partial charge in [-0.2, -0.15) is 0 Å². The summed E-state index contributed by atoms with van der Waals surface area (Å²) in [5.41, 5.74) is 1.70. The van der Waals surface area contributed by atoms with E-state index in [4.69, 9.17) is 9.47 Å². The van der Waals surface area contributed by atoms with E-state index >= 15 is 4.39 Å². The van der Waals surface area contributed by atoms with Crippen molar-refractivity contribution in [2.24, 2.45) is 22.7 Å². The first-order valence-corrected chi connectivity index (χ1v) is 11.3. The Labute approximate surface area is 178 Å². The van der Waals surface area contributed by atoms with E-state index in [1.54, 1.807) is 13.0 Å². The van der Waals surface area contributed by atoms with Gasteiger partial charge in [-0.05, 0) is 59.6 Å². The van der Waals surface area contributed by atoms with E-state index in [9.17, 15) is 4.79 Å². The van der Waals surface area contributed by atoms with Crippen LogP contribution in [0.2, 0.25) is 0 Å². The molecular weight excluding hydrogens is 383 g/mol. The topological polar surface area (TPSA) is 50.8 Å². The van der Waals surface area contributed by atoms with Gasteiger partial charge in [0, 0.05) is 32.7 Å². The number of carbonyl (C=O) groups excluding carboxylic acids is 1. The van der Waals surface area contributed by atoms with E-state index in [2.05, 4.69) is 24.1 Å². The average Bonchev–Trinajstić information content (AvgIpc) is 3.21. The largest absolute Gasteiger partial charge is 0.378 e. The number of ether oxygens (including phenoxy) is 2. The fourth-order valence-corrected chi connectivity index (χ4v) is 7.08. The second kappa shape index (κ2) is 7.20. The molecule has 1 N–H and O–H groups in total. The number of hydrogen-bond acceptors (Lipinski definition) is 4. The summed E-state index contributed by atoms with van der Waals surface area (Å²) < 4.78 is 26.8. The van der Waals surface area contributed by atoms with Crippen molar-refractivity contribution < 1.29 is 18.7 Å². The van der Waals surface area contributed by atoms with Gasteiger partial charge in [-0.25, -0.2) is 4.39 Å². The number of anilines is 1. The minimum Gasteiger partial charge on any atom is -0.378 e. The van der Waals surface area contributed by atoms with Crippen molar-refractivity contribution in [3.8, 4) is 0 Å². The van der Waals surface area contributed by atoms with Gasteiger partial charge in [0.15, 0.2) is 0 Å². The second-order valence-electron chi connectivity index (χ2n) is 10.3. The molecule has 5 atom stereocenters. The molecular formula is C24H33FN2O3. The summed E-state index contributed by atoms with van der Waals surface area (Å²) in [6.45, 7) is 9.58. The highest BCUT2D eigenvalue weighted by Crippen LogP contribution is 2.70. The van der Waals surface area contributed by atoms with Crippen molar-refractivity contribution in [3.05, 3.63) is 29.6 Å². The molecule has 1 aromatic rings. The summed E-state index contributed by atoms with van der Waals surface area (Å²) in [6, 6.07) is 5.78. The number of morpholine rings is 1.